The molecule has 1 aromatic rings. The molecule has 0 spiro atoms. The summed E-state index contributed by atoms with van der Waals surface area (Å²) in [6.45, 7) is 2.19. The fourth-order valence-electron chi connectivity index (χ4n) is 2.74. The van der Waals surface area contributed by atoms with Crippen LogP contribution in [0.4, 0.5) is 5.69 Å². The molecule has 0 aromatic heterocycles. The van der Waals surface area contributed by atoms with Gasteiger partial charge in [-0.05, 0) is 49.6 Å². The van der Waals surface area contributed by atoms with E-state index < -0.39 is 6.04 Å². The number of rotatable bonds is 7. The van der Waals surface area contributed by atoms with Crippen molar-refractivity contribution in [3.05, 3.63) is 29.3 Å². The smallest absolute Gasteiger partial charge is 0.246 e. The van der Waals surface area contributed by atoms with Crippen molar-refractivity contribution < 1.29 is 9.59 Å². The van der Waals surface area contributed by atoms with Gasteiger partial charge in [0.1, 0.15) is 6.04 Å². The van der Waals surface area contributed by atoms with E-state index in [1.807, 2.05) is 0 Å². The average Bonchev–Trinajstić information content (AvgIpc) is 2.46. The lowest BCUT2D eigenvalue weighted by molar-refractivity contribution is -0.127. The second-order valence-corrected chi connectivity index (χ2v) is 6.61. The van der Waals surface area contributed by atoms with Gasteiger partial charge in [0.25, 0.3) is 0 Å². The summed E-state index contributed by atoms with van der Waals surface area (Å²) in [5.74, 6) is 0.402. The van der Waals surface area contributed by atoms with Gasteiger partial charge in [0.05, 0.1) is 0 Å². The first-order valence-corrected chi connectivity index (χ1v) is 8.43. The summed E-state index contributed by atoms with van der Waals surface area (Å²) in [4.78, 5) is 24.2. The molecule has 6 heteroatoms. The Morgan fingerprint density at radius 3 is 2.48 bits per heavy atom. The Bertz CT molecular complexity index is 543. The topological polar surface area (TPSA) is 84.2 Å². The van der Waals surface area contributed by atoms with Gasteiger partial charge < -0.3 is 16.4 Å². The van der Waals surface area contributed by atoms with Gasteiger partial charge in [-0.15, -0.1) is 0 Å². The van der Waals surface area contributed by atoms with E-state index in [2.05, 4.69) is 10.6 Å². The maximum absolute atomic E-state index is 12.1. The molecule has 2 rings (SSSR count). The maximum atomic E-state index is 12.1. The van der Waals surface area contributed by atoms with Crippen molar-refractivity contribution in [3.63, 3.8) is 0 Å². The largest absolute Gasteiger partial charge is 0.345 e. The molecule has 4 N–H and O–H groups in total. The molecule has 126 valence electrons. The number of anilines is 1. The maximum Gasteiger partial charge on any atom is 0.246 e. The third kappa shape index (κ3) is 5.22. The van der Waals surface area contributed by atoms with E-state index in [1.165, 1.54) is 6.42 Å². The number of halogens is 1. The Morgan fingerprint density at radius 1 is 1.30 bits per heavy atom. The zero-order chi connectivity index (χ0) is 16.8. The van der Waals surface area contributed by atoms with Crippen LogP contribution in [0.1, 0.15) is 32.6 Å². The minimum absolute atomic E-state index is 0.119. The first-order valence-electron chi connectivity index (χ1n) is 8.05. The van der Waals surface area contributed by atoms with Crippen LogP contribution in [0, 0.1) is 11.8 Å². The van der Waals surface area contributed by atoms with Crippen LogP contribution in [0.2, 0.25) is 5.02 Å². The highest BCUT2D eigenvalue weighted by atomic mass is 35.5. The van der Waals surface area contributed by atoms with Crippen LogP contribution in [0.25, 0.3) is 0 Å². The van der Waals surface area contributed by atoms with Crippen molar-refractivity contribution in [1.29, 1.82) is 0 Å². The highest BCUT2D eigenvalue weighted by Crippen LogP contribution is 2.34. The summed E-state index contributed by atoms with van der Waals surface area (Å²) < 4.78 is 0. The SMILES string of the molecule is CC(NC(=O)CC(CN)C1CCC1)C(=O)Nc1ccc(Cl)cc1. The van der Waals surface area contributed by atoms with Crippen LogP contribution in [-0.2, 0) is 9.59 Å². The van der Waals surface area contributed by atoms with Crippen LogP contribution in [-0.4, -0.2) is 24.4 Å². The Labute approximate surface area is 142 Å². The van der Waals surface area contributed by atoms with Gasteiger partial charge in [0.15, 0.2) is 0 Å². The molecule has 1 fully saturated rings. The quantitative estimate of drug-likeness (QED) is 0.715. The molecule has 2 unspecified atom stereocenters. The number of hydrogen-bond donors (Lipinski definition) is 3. The molecular weight excluding hydrogens is 314 g/mol. The predicted molar refractivity (Wildman–Crippen MR) is 92.2 cm³/mol. The molecule has 0 saturated heterocycles. The molecule has 2 atom stereocenters. The predicted octanol–water partition coefficient (Wildman–Crippen LogP) is 2.55. The second-order valence-electron chi connectivity index (χ2n) is 6.18. The van der Waals surface area contributed by atoms with E-state index in [0.29, 0.717) is 29.6 Å². The van der Waals surface area contributed by atoms with E-state index in [1.54, 1.807) is 31.2 Å². The highest BCUT2D eigenvalue weighted by molar-refractivity contribution is 6.30. The highest BCUT2D eigenvalue weighted by Gasteiger charge is 2.28. The monoisotopic (exact) mass is 337 g/mol. The Morgan fingerprint density at radius 2 is 1.96 bits per heavy atom. The molecule has 0 aliphatic heterocycles. The van der Waals surface area contributed by atoms with Crippen molar-refractivity contribution in [2.75, 3.05) is 11.9 Å². The van der Waals surface area contributed by atoms with Gasteiger partial charge in [-0.3, -0.25) is 9.59 Å². The number of hydrogen-bond acceptors (Lipinski definition) is 3. The first-order chi connectivity index (χ1) is 11.0. The number of carbonyl (C=O) groups excluding carboxylic acids is 2. The minimum atomic E-state index is -0.599. The van der Waals surface area contributed by atoms with Crippen LogP contribution < -0.4 is 16.4 Å². The lowest BCUT2D eigenvalue weighted by atomic mass is 9.74. The minimum Gasteiger partial charge on any atom is -0.345 e. The summed E-state index contributed by atoms with van der Waals surface area (Å²) in [6, 6.07) is 6.24. The lowest BCUT2D eigenvalue weighted by Crippen LogP contribution is -2.43. The molecule has 1 aromatic carbocycles. The summed E-state index contributed by atoms with van der Waals surface area (Å²) in [7, 11) is 0. The van der Waals surface area contributed by atoms with Crippen LogP contribution in [0.3, 0.4) is 0 Å². The molecule has 5 nitrogen and oxygen atoms in total. The van der Waals surface area contributed by atoms with Gasteiger partial charge in [0.2, 0.25) is 11.8 Å². The summed E-state index contributed by atoms with van der Waals surface area (Å²) in [5.41, 5.74) is 6.41. The van der Waals surface area contributed by atoms with Crippen molar-refractivity contribution in [3.8, 4) is 0 Å². The van der Waals surface area contributed by atoms with Gasteiger partial charge in [0, 0.05) is 17.1 Å². The third-order valence-electron chi connectivity index (χ3n) is 4.45. The van der Waals surface area contributed by atoms with Crippen molar-refractivity contribution in [2.45, 2.75) is 38.6 Å². The average molecular weight is 338 g/mol. The number of benzene rings is 1. The fourth-order valence-corrected chi connectivity index (χ4v) is 2.87. The summed E-state index contributed by atoms with van der Waals surface area (Å²) in [5, 5.41) is 6.10. The number of carbonyl (C=O) groups is 2. The van der Waals surface area contributed by atoms with Crippen LogP contribution in [0.5, 0.6) is 0 Å². The molecule has 1 saturated carbocycles. The molecule has 2 amide bonds. The second kappa shape index (κ2) is 8.31. The normalized spacial score (nSPS) is 17.0. The number of nitrogens with two attached hydrogens (primary N) is 1. The van der Waals surface area contributed by atoms with E-state index in [-0.39, 0.29) is 17.7 Å². The fraction of sp³-hybridized carbons (Fsp3) is 0.529. The Kier molecular flexibility index (Phi) is 6.42. The van der Waals surface area contributed by atoms with Crippen molar-refractivity contribution >= 4 is 29.1 Å². The van der Waals surface area contributed by atoms with Crippen LogP contribution >= 0.6 is 11.6 Å². The zero-order valence-corrected chi connectivity index (χ0v) is 14.1. The summed E-state index contributed by atoms with van der Waals surface area (Å²) in [6.07, 6.45) is 3.92. The standard InChI is InChI=1S/C17H24ClN3O2/c1-11(17(23)21-15-7-5-14(18)6-8-15)20-16(22)9-13(10-19)12-3-2-4-12/h5-8,11-13H,2-4,9-10,19H2,1H3,(H,20,22)(H,21,23). The van der Waals surface area contributed by atoms with Gasteiger partial charge in [-0.25, -0.2) is 0 Å². The van der Waals surface area contributed by atoms with E-state index >= 15 is 0 Å². The van der Waals surface area contributed by atoms with Gasteiger partial charge in [-0.1, -0.05) is 30.9 Å². The van der Waals surface area contributed by atoms with Crippen LogP contribution in [0.15, 0.2) is 24.3 Å². The molecule has 1 aliphatic carbocycles. The molecule has 0 radical (unpaired) electrons. The molecule has 0 heterocycles. The van der Waals surface area contributed by atoms with E-state index in [9.17, 15) is 9.59 Å². The molecular formula is C17H24ClN3O2. The Balaban J connectivity index is 1.79. The molecule has 1 aliphatic rings. The van der Waals surface area contributed by atoms with Crippen molar-refractivity contribution in [1.82, 2.24) is 5.32 Å². The summed E-state index contributed by atoms with van der Waals surface area (Å²) >= 11 is 5.80. The van der Waals surface area contributed by atoms with E-state index in [4.69, 9.17) is 17.3 Å². The van der Waals surface area contributed by atoms with E-state index in [0.717, 1.165) is 12.8 Å². The zero-order valence-electron chi connectivity index (χ0n) is 13.3. The molecule has 0 bridgehead atoms. The third-order valence-corrected chi connectivity index (χ3v) is 4.70. The molecule has 23 heavy (non-hydrogen) atoms. The number of nitrogens with one attached hydrogen (secondary N) is 2. The van der Waals surface area contributed by atoms with Gasteiger partial charge >= 0.3 is 0 Å². The number of amides is 2. The lowest BCUT2D eigenvalue weighted by Gasteiger charge is -2.32. The van der Waals surface area contributed by atoms with Gasteiger partial charge in [-0.2, -0.15) is 0 Å². The van der Waals surface area contributed by atoms with Crippen molar-refractivity contribution in [2.24, 2.45) is 17.6 Å². The Hall–Kier alpha value is -1.59. The first kappa shape index (κ1) is 17.8.